The van der Waals surface area contributed by atoms with Gasteiger partial charge in [-0.25, -0.2) is 0 Å². The number of carbonyl (C=O) groups is 1. The maximum Gasteiger partial charge on any atom is 0.321 e. The highest BCUT2D eigenvalue weighted by atomic mass is 16.5. The van der Waals surface area contributed by atoms with E-state index in [2.05, 4.69) is 5.32 Å². The van der Waals surface area contributed by atoms with Crippen molar-refractivity contribution in [3.05, 3.63) is 53.6 Å². The minimum absolute atomic E-state index is 0.464. The van der Waals surface area contributed by atoms with Gasteiger partial charge in [-0.2, -0.15) is 0 Å². The topological polar surface area (TPSA) is 58.6 Å². The van der Waals surface area contributed by atoms with E-state index in [9.17, 15) is 9.90 Å². The van der Waals surface area contributed by atoms with Gasteiger partial charge in [-0.05, 0) is 29.2 Å². The third-order valence-corrected chi connectivity index (χ3v) is 3.90. The molecule has 0 fully saturated rings. The van der Waals surface area contributed by atoms with Crippen LogP contribution < -0.4 is 10.1 Å². The van der Waals surface area contributed by atoms with E-state index in [1.54, 1.807) is 7.11 Å². The molecule has 4 heteroatoms. The molecule has 0 saturated carbocycles. The van der Waals surface area contributed by atoms with Crippen molar-refractivity contribution in [3.63, 3.8) is 0 Å². The molecule has 0 aliphatic carbocycles. The highest BCUT2D eigenvalue weighted by Gasteiger charge is 2.27. The monoisotopic (exact) mass is 283 g/mol. The van der Waals surface area contributed by atoms with Crippen molar-refractivity contribution >= 4 is 5.97 Å². The lowest BCUT2D eigenvalue weighted by molar-refractivity contribution is -0.139. The second kappa shape index (κ2) is 5.58. The molecule has 1 heterocycles. The van der Waals surface area contributed by atoms with Crippen molar-refractivity contribution in [1.82, 2.24) is 5.32 Å². The summed E-state index contributed by atoms with van der Waals surface area (Å²) >= 11 is 0. The van der Waals surface area contributed by atoms with Crippen molar-refractivity contribution in [2.45, 2.75) is 19.0 Å². The SMILES string of the molecule is COc1ccc2c(c1-c1ccccc1)CC(C(=O)O)NC2. The third-order valence-electron chi connectivity index (χ3n) is 3.90. The Morgan fingerprint density at radius 1 is 1.24 bits per heavy atom. The maximum atomic E-state index is 11.3. The molecule has 3 rings (SSSR count). The van der Waals surface area contributed by atoms with Crippen LogP contribution in [-0.4, -0.2) is 24.2 Å². The highest BCUT2D eigenvalue weighted by molar-refractivity contribution is 5.79. The Morgan fingerprint density at radius 3 is 2.67 bits per heavy atom. The number of methoxy groups -OCH3 is 1. The van der Waals surface area contributed by atoms with E-state index in [4.69, 9.17) is 4.74 Å². The van der Waals surface area contributed by atoms with E-state index in [-0.39, 0.29) is 0 Å². The van der Waals surface area contributed by atoms with Crippen molar-refractivity contribution in [2.24, 2.45) is 0 Å². The number of ether oxygens (including phenoxy) is 1. The van der Waals surface area contributed by atoms with Crippen LogP contribution in [0.4, 0.5) is 0 Å². The van der Waals surface area contributed by atoms with E-state index in [1.165, 1.54) is 0 Å². The van der Waals surface area contributed by atoms with Crippen molar-refractivity contribution < 1.29 is 14.6 Å². The van der Waals surface area contributed by atoms with Gasteiger partial charge in [-0.15, -0.1) is 0 Å². The fourth-order valence-corrected chi connectivity index (χ4v) is 2.84. The van der Waals surface area contributed by atoms with Crippen molar-refractivity contribution in [3.8, 4) is 16.9 Å². The summed E-state index contributed by atoms with van der Waals surface area (Å²) in [5.74, 6) is -0.0338. The third kappa shape index (κ3) is 2.50. The predicted octanol–water partition coefficient (Wildman–Crippen LogP) is 2.46. The summed E-state index contributed by atoms with van der Waals surface area (Å²) < 4.78 is 5.49. The van der Waals surface area contributed by atoms with E-state index in [1.807, 2.05) is 42.5 Å². The van der Waals surface area contributed by atoms with Crippen LogP contribution in [0, 0.1) is 0 Å². The second-order valence-electron chi connectivity index (χ2n) is 5.12. The Morgan fingerprint density at radius 2 is 2.00 bits per heavy atom. The van der Waals surface area contributed by atoms with Gasteiger partial charge in [-0.1, -0.05) is 36.4 Å². The Labute approximate surface area is 123 Å². The molecule has 1 atom stereocenters. The van der Waals surface area contributed by atoms with Crippen molar-refractivity contribution in [1.29, 1.82) is 0 Å². The van der Waals surface area contributed by atoms with Crippen LogP contribution in [0.5, 0.6) is 5.75 Å². The Hall–Kier alpha value is -2.33. The van der Waals surface area contributed by atoms with Gasteiger partial charge in [-0.3, -0.25) is 4.79 Å². The van der Waals surface area contributed by atoms with Gasteiger partial charge < -0.3 is 15.2 Å². The molecular formula is C17H17NO3. The van der Waals surface area contributed by atoms with E-state index in [0.717, 1.165) is 28.0 Å². The molecule has 108 valence electrons. The Kier molecular flexibility index (Phi) is 3.62. The number of nitrogens with one attached hydrogen (secondary N) is 1. The normalized spacial score (nSPS) is 17.1. The minimum Gasteiger partial charge on any atom is -0.496 e. The second-order valence-corrected chi connectivity index (χ2v) is 5.12. The molecule has 1 unspecified atom stereocenters. The highest BCUT2D eigenvalue weighted by Crippen LogP contribution is 2.37. The fraction of sp³-hybridized carbons (Fsp3) is 0.235. The Balaban J connectivity index is 2.16. The van der Waals surface area contributed by atoms with Gasteiger partial charge >= 0.3 is 5.97 Å². The molecule has 0 radical (unpaired) electrons. The van der Waals surface area contributed by atoms with Gasteiger partial charge in [0, 0.05) is 12.1 Å². The number of hydrogen-bond acceptors (Lipinski definition) is 3. The lowest BCUT2D eigenvalue weighted by Crippen LogP contribution is -2.41. The summed E-state index contributed by atoms with van der Waals surface area (Å²) in [6, 6.07) is 13.4. The molecule has 1 aliphatic heterocycles. The molecule has 0 spiro atoms. The molecule has 0 saturated heterocycles. The van der Waals surface area contributed by atoms with Gasteiger partial charge in [0.05, 0.1) is 7.11 Å². The van der Waals surface area contributed by atoms with E-state index in [0.29, 0.717) is 13.0 Å². The first kappa shape index (κ1) is 13.6. The smallest absolute Gasteiger partial charge is 0.321 e. The molecule has 2 aromatic rings. The largest absolute Gasteiger partial charge is 0.496 e. The number of rotatable bonds is 3. The zero-order valence-corrected chi connectivity index (χ0v) is 11.8. The summed E-state index contributed by atoms with van der Waals surface area (Å²) in [6.07, 6.45) is 0.464. The van der Waals surface area contributed by atoms with Crippen LogP contribution in [0.2, 0.25) is 0 Å². The van der Waals surface area contributed by atoms with Crippen LogP contribution in [0.25, 0.3) is 11.1 Å². The predicted molar refractivity (Wildman–Crippen MR) is 80.4 cm³/mol. The average molecular weight is 283 g/mol. The van der Waals surface area contributed by atoms with Crippen LogP contribution >= 0.6 is 0 Å². The number of benzene rings is 2. The van der Waals surface area contributed by atoms with Gasteiger partial charge in [0.15, 0.2) is 0 Å². The molecular weight excluding hydrogens is 266 g/mol. The number of hydrogen-bond donors (Lipinski definition) is 2. The van der Waals surface area contributed by atoms with E-state index >= 15 is 0 Å². The average Bonchev–Trinajstić information content (AvgIpc) is 2.53. The molecule has 21 heavy (non-hydrogen) atoms. The molecule has 0 amide bonds. The van der Waals surface area contributed by atoms with Crippen LogP contribution in [0.15, 0.2) is 42.5 Å². The van der Waals surface area contributed by atoms with Crippen molar-refractivity contribution in [2.75, 3.05) is 7.11 Å². The summed E-state index contributed by atoms with van der Waals surface area (Å²) in [7, 11) is 1.64. The lowest BCUT2D eigenvalue weighted by Gasteiger charge is -2.26. The first-order chi connectivity index (χ1) is 10.2. The van der Waals surface area contributed by atoms with Crippen LogP contribution in [0.1, 0.15) is 11.1 Å². The van der Waals surface area contributed by atoms with Gasteiger partial charge in [0.2, 0.25) is 0 Å². The number of fused-ring (bicyclic) bond motifs is 1. The zero-order valence-electron chi connectivity index (χ0n) is 11.8. The molecule has 0 aromatic heterocycles. The summed E-state index contributed by atoms with van der Waals surface area (Å²) in [5, 5.41) is 12.3. The summed E-state index contributed by atoms with van der Waals surface area (Å²) in [5.41, 5.74) is 4.25. The van der Waals surface area contributed by atoms with Crippen LogP contribution in [0.3, 0.4) is 0 Å². The Bertz CT molecular complexity index is 667. The van der Waals surface area contributed by atoms with E-state index < -0.39 is 12.0 Å². The van der Waals surface area contributed by atoms with Gasteiger partial charge in [0.25, 0.3) is 0 Å². The number of carboxylic acids is 1. The quantitative estimate of drug-likeness (QED) is 0.908. The number of carboxylic acid groups (broad SMARTS) is 1. The summed E-state index contributed by atoms with van der Waals surface area (Å²) in [6.45, 7) is 0.566. The lowest BCUT2D eigenvalue weighted by atomic mass is 9.87. The first-order valence-electron chi connectivity index (χ1n) is 6.91. The first-order valence-corrected chi connectivity index (χ1v) is 6.91. The molecule has 4 nitrogen and oxygen atoms in total. The molecule has 2 aromatic carbocycles. The van der Waals surface area contributed by atoms with Crippen LogP contribution in [-0.2, 0) is 17.8 Å². The minimum atomic E-state index is -0.817. The van der Waals surface area contributed by atoms with Gasteiger partial charge in [0.1, 0.15) is 11.8 Å². The zero-order chi connectivity index (χ0) is 14.8. The standard InChI is InChI=1S/C17H17NO3/c1-21-15-8-7-12-10-18-14(17(19)20)9-13(12)16(15)11-5-3-2-4-6-11/h2-8,14,18H,9-10H2,1H3,(H,19,20). The number of aliphatic carboxylic acids is 1. The molecule has 1 aliphatic rings. The maximum absolute atomic E-state index is 11.3. The molecule has 0 bridgehead atoms. The molecule has 2 N–H and O–H groups in total. The summed E-state index contributed by atoms with van der Waals surface area (Å²) in [4.78, 5) is 11.3. The fourth-order valence-electron chi connectivity index (χ4n) is 2.84.